The highest BCUT2D eigenvalue weighted by Gasteiger charge is 2.12. The Morgan fingerprint density at radius 1 is 0.882 bits per heavy atom. The molecule has 0 amide bonds. The highest BCUT2D eigenvalue weighted by Crippen LogP contribution is 2.26. The standard InChI is InChI=1S/C15H16N2/c1-2-11-17(10-1)15-5-3-4-14(12-15)13-6-8-16-9-7-13/h3-9,12H,1-2,10-11H2. The summed E-state index contributed by atoms with van der Waals surface area (Å²) in [6.07, 6.45) is 6.33. The van der Waals surface area contributed by atoms with Gasteiger partial charge in [-0.3, -0.25) is 4.98 Å². The lowest BCUT2D eigenvalue weighted by Crippen LogP contribution is -2.17. The maximum atomic E-state index is 4.06. The summed E-state index contributed by atoms with van der Waals surface area (Å²) in [7, 11) is 0. The first-order valence-corrected chi connectivity index (χ1v) is 6.19. The molecule has 86 valence electrons. The zero-order chi connectivity index (χ0) is 11.5. The molecule has 0 aliphatic carbocycles. The lowest BCUT2D eigenvalue weighted by Gasteiger charge is -2.18. The maximum absolute atomic E-state index is 4.06. The summed E-state index contributed by atoms with van der Waals surface area (Å²) in [4.78, 5) is 6.52. The average Bonchev–Trinajstić information content (AvgIpc) is 2.94. The van der Waals surface area contributed by atoms with Gasteiger partial charge < -0.3 is 4.90 Å². The normalized spacial score (nSPS) is 15.2. The quantitative estimate of drug-likeness (QED) is 0.777. The van der Waals surface area contributed by atoms with Crippen LogP contribution in [0.4, 0.5) is 5.69 Å². The number of aromatic nitrogens is 1. The van der Waals surface area contributed by atoms with Gasteiger partial charge in [0.25, 0.3) is 0 Å². The molecule has 0 bridgehead atoms. The Hall–Kier alpha value is -1.83. The van der Waals surface area contributed by atoms with Crippen molar-refractivity contribution in [2.75, 3.05) is 18.0 Å². The number of pyridine rings is 1. The van der Waals surface area contributed by atoms with Crippen LogP contribution < -0.4 is 4.90 Å². The Morgan fingerprint density at radius 2 is 1.65 bits per heavy atom. The Labute approximate surface area is 102 Å². The largest absolute Gasteiger partial charge is 0.372 e. The smallest absolute Gasteiger partial charge is 0.0372 e. The van der Waals surface area contributed by atoms with Gasteiger partial charge in [-0.05, 0) is 48.2 Å². The summed E-state index contributed by atoms with van der Waals surface area (Å²) in [5.74, 6) is 0. The van der Waals surface area contributed by atoms with E-state index in [0.717, 1.165) is 0 Å². The van der Waals surface area contributed by atoms with Crippen molar-refractivity contribution in [3.8, 4) is 11.1 Å². The molecule has 3 rings (SSSR count). The molecule has 1 saturated heterocycles. The molecular formula is C15H16N2. The van der Waals surface area contributed by atoms with Crippen molar-refractivity contribution in [1.29, 1.82) is 0 Å². The van der Waals surface area contributed by atoms with Crippen LogP contribution in [0.25, 0.3) is 11.1 Å². The SMILES string of the molecule is c1cc(-c2ccncc2)cc(N2CCCC2)c1. The molecule has 2 nitrogen and oxygen atoms in total. The van der Waals surface area contributed by atoms with E-state index in [1.165, 1.54) is 42.7 Å². The lowest BCUT2D eigenvalue weighted by molar-refractivity contribution is 0.949. The lowest BCUT2D eigenvalue weighted by atomic mass is 10.1. The fourth-order valence-corrected chi connectivity index (χ4v) is 2.40. The molecule has 1 aromatic carbocycles. The summed E-state index contributed by atoms with van der Waals surface area (Å²) in [5, 5.41) is 0. The molecule has 1 aromatic heterocycles. The van der Waals surface area contributed by atoms with Gasteiger partial charge in [-0.1, -0.05) is 12.1 Å². The maximum Gasteiger partial charge on any atom is 0.0372 e. The average molecular weight is 224 g/mol. The third-order valence-corrected chi connectivity index (χ3v) is 3.33. The van der Waals surface area contributed by atoms with Crippen molar-refractivity contribution in [3.63, 3.8) is 0 Å². The highest BCUT2D eigenvalue weighted by atomic mass is 15.1. The van der Waals surface area contributed by atoms with Crippen LogP contribution in [-0.2, 0) is 0 Å². The number of benzene rings is 1. The summed E-state index contributed by atoms with van der Waals surface area (Å²) >= 11 is 0. The molecule has 0 unspecified atom stereocenters. The van der Waals surface area contributed by atoms with Gasteiger partial charge in [0.05, 0.1) is 0 Å². The molecule has 1 fully saturated rings. The van der Waals surface area contributed by atoms with Crippen molar-refractivity contribution in [3.05, 3.63) is 48.8 Å². The molecule has 0 spiro atoms. The van der Waals surface area contributed by atoms with E-state index < -0.39 is 0 Å². The molecule has 0 radical (unpaired) electrons. The Balaban J connectivity index is 1.94. The van der Waals surface area contributed by atoms with Gasteiger partial charge in [-0.2, -0.15) is 0 Å². The minimum Gasteiger partial charge on any atom is -0.372 e. The second-order valence-electron chi connectivity index (χ2n) is 4.48. The highest BCUT2D eigenvalue weighted by molar-refractivity contribution is 5.68. The summed E-state index contributed by atoms with van der Waals surface area (Å²) in [6.45, 7) is 2.39. The van der Waals surface area contributed by atoms with E-state index >= 15 is 0 Å². The topological polar surface area (TPSA) is 16.1 Å². The summed E-state index contributed by atoms with van der Waals surface area (Å²) in [6, 6.07) is 12.9. The van der Waals surface area contributed by atoms with E-state index in [9.17, 15) is 0 Å². The predicted molar refractivity (Wildman–Crippen MR) is 71.1 cm³/mol. The molecule has 0 saturated carbocycles. The second-order valence-corrected chi connectivity index (χ2v) is 4.48. The van der Waals surface area contributed by atoms with Crippen LogP contribution in [0, 0.1) is 0 Å². The van der Waals surface area contributed by atoms with Crippen LogP contribution in [-0.4, -0.2) is 18.1 Å². The van der Waals surface area contributed by atoms with Gasteiger partial charge in [0.15, 0.2) is 0 Å². The van der Waals surface area contributed by atoms with E-state index in [2.05, 4.69) is 46.3 Å². The van der Waals surface area contributed by atoms with Crippen LogP contribution in [0.3, 0.4) is 0 Å². The second kappa shape index (κ2) is 4.58. The van der Waals surface area contributed by atoms with Crippen molar-refractivity contribution in [1.82, 2.24) is 4.98 Å². The molecule has 0 atom stereocenters. The van der Waals surface area contributed by atoms with Crippen LogP contribution in [0.15, 0.2) is 48.8 Å². The van der Waals surface area contributed by atoms with Crippen molar-refractivity contribution < 1.29 is 0 Å². The van der Waals surface area contributed by atoms with E-state index in [4.69, 9.17) is 0 Å². The van der Waals surface area contributed by atoms with Crippen molar-refractivity contribution in [2.45, 2.75) is 12.8 Å². The van der Waals surface area contributed by atoms with E-state index in [-0.39, 0.29) is 0 Å². The summed E-state index contributed by atoms with van der Waals surface area (Å²) in [5.41, 5.74) is 3.86. The molecular weight excluding hydrogens is 208 g/mol. The Bertz CT molecular complexity index is 487. The first kappa shape index (κ1) is 10.3. The number of hydrogen-bond donors (Lipinski definition) is 0. The summed E-state index contributed by atoms with van der Waals surface area (Å²) < 4.78 is 0. The van der Waals surface area contributed by atoms with Crippen LogP contribution >= 0.6 is 0 Å². The van der Waals surface area contributed by atoms with Crippen LogP contribution in [0.5, 0.6) is 0 Å². The third-order valence-electron chi connectivity index (χ3n) is 3.33. The minimum absolute atomic E-state index is 1.19. The molecule has 0 N–H and O–H groups in total. The van der Waals surface area contributed by atoms with Gasteiger partial charge in [0.2, 0.25) is 0 Å². The number of anilines is 1. The van der Waals surface area contributed by atoms with Gasteiger partial charge in [-0.15, -0.1) is 0 Å². The minimum atomic E-state index is 1.19. The monoisotopic (exact) mass is 224 g/mol. The van der Waals surface area contributed by atoms with Gasteiger partial charge in [0.1, 0.15) is 0 Å². The number of hydrogen-bond acceptors (Lipinski definition) is 2. The first-order chi connectivity index (χ1) is 8.43. The number of nitrogens with zero attached hydrogens (tertiary/aromatic N) is 2. The van der Waals surface area contributed by atoms with Gasteiger partial charge in [0, 0.05) is 31.2 Å². The zero-order valence-corrected chi connectivity index (χ0v) is 9.84. The molecule has 2 heterocycles. The Morgan fingerprint density at radius 3 is 2.41 bits per heavy atom. The van der Waals surface area contributed by atoms with Gasteiger partial charge >= 0.3 is 0 Å². The third kappa shape index (κ3) is 2.16. The predicted octanol–water partition coefficient (Wildman–Crippen LogP) is 3.35. The zero-order valence-electron chi connectivity index (χ0n) is 9.84. The fourth-order valence-electron chi connectivity index (χ4n) is 2.40. The molecule has 1 aliphatic rings. The Kier molecular flexibility index (Phi) is 2.78. The van der Waals surface area contributed by atoms with E-state index in [1.807, 2.05) is 12.4 Å². The molecule has 1 aliphatic heterocycles. The fraction of sp³-hybridized carbons (Fsp3) is 0.267. The van der Waals surface area contributed by atoms with Crippen LogP contribution in [0.2, 0.25) is 0 Å². The molecule has 2 aromatic rings. The van der Waals surface area contributed by atoms with E-state index in [1.54, 1.807) is 0 Å². The molecule has 2 heteroatoms. The van der Waals surface area contributed by atoms with Crippen LogP contribution in [0.1, 0.15) is 12.8 Å². The van der Waals surface area contributed by atoms with Gasteiger partial charge in [-0.25, -0.2) is 0 Å². The van der Waals surface area contributed by atoms with Crippen molar-refractivity contribution in [2.24, 2.45) is 0 Å². The number of rotatable bonds is 2. The van der Waals surface area contributed by atoms with Crippen molar-refractivity contribution >= 4 is 5.69 Å². The molecule has 17 heavy (non-hydrogen) atoms. The van der Waals surface area contributed by atoms with E-state index in [0.29, 0.717) is 0 Å². The first-order valence-electron chi connectivity index (χ1n) is 6.19.